The molecule has 7 heteroatoms. The number of carbonyl (C=O) groups is 1. The minimum absolute atomic E-state index is 0.122. The summed E-state index contributed by atoms with van der Waals surface area (Å²) in [6.07, 6.45) is 7.23. The second kappa shape index (κ2) is 5.98. The van der Waals surface area contributed by atoms with E-state index in [1.807, 2.05) is 12.1 Å². The van der Waals surface area contributed by atoms with Crippen molar-refractivity contribution in [2.75, 3.05) is 23.3 Å². The van der Waals surface area contributed by atoms with E-state index in [1.54, 1.807) is 11.0 Å². The number of nitrogens with one attached hydrogen (secondary N) is 1. The molecule has 2 aromatic rings. The molecule has 2 heterocycles. The quantitative estimate of drug-likeness (QED) is 0.934. The molecule has 0 unspecified atom stereocenters. The van der Waals surface area contributed by atoms with Crippen LogP contribution in [0.4, 0.5) is 11.4 Å². The average Bonchev–Trinajstić information content (AvgIpc) is 3.30. The lowest BCUT2D eigenvalue weighted by Gasteiger charge is -2.30. The highest BCUT2D eigenvalue weighted by Crippen LogP contribution is 2.34. The second-order valence-electron chi connectivity index (χ2n) is 6.27. The first-order valence-corrected chi connectivity index (χ1v) is 8.24. The van der Waals surface area contributed by atoms with Crippen LogP contribution < -0.4 is 10.2 Å². The highest BCUT2D eigenvalue weighted by Gasteiger charge is 2.30. The van der Waals surface area contributed by atoms with E-state index in [-0.39, 0.29) is 11.8 Å². The van der Waals surface area contributed by atoms with E-state index in [4.69, 9.17) is 0 Å². The molecule has 1 aromatic heterocycles. The van der Waals surface area contributed by atoms with E-state index in [0.29, 0.717) is 0 Å². The fraction of sp³-hybridized carbons (Fsp3) is 0.500. The number of benzene rings is 1. The highest BCUT2D eigenvalue weighted by molar-refractivity contribution is 5.97. The summed E-state index contributed by atoms with van der Waals surface area (Å²) in [4.78, 5) is 14.6. The summed E-state index contributed by atoms with van der Waals surface area (Å²) >= 11 is 0. The maximum absolute atomic E-state index is 12.2. The normalized spacial score (nSPS) is 18.0. The summed E-state index contributed by atoms with van der Waals surface area (Å²) < 4.78 is 1.60. The molecule has 1 aliphatic heterocycles. The highest BCUT2D eigenvalue weighted by atomic mass is 16.2. The topological polar surface area (TPSA) is 75.9 Å². The van der Waals surface area contributed by atoms with Gasteiger partial charge in [-0.3, -0.25) is 4.79 Å². The van der Waals surface area contributed by atoms with Crippen molar-refractivity contribution in [3.8, 4) is 5.69 Å². The van der Waals surface area contributed by atoms with Gasteiger partial charge in [-0.2, -0.15) is 0 Å². The molecule has 2 fully saturated rings. The Morgan fingerprint density at radius 2 is 2.00 bits per heavy atom. The summed E-state index contributed by atoms with van der Waals surface area (Å²) in [5, 5.41) is 14.4. The van der Waals surface area contributed by atoms with Crippen molar-refractivity contribution in [1.82, 2.24) is 20.2 Å². The Morgan fingerprint density at radius 1 is 1.17 bits per heavy atom. The predicted molar refractivity (Wildman–Crippen MR) is 86.6 cm³/mol. The van der Waals surface area contributed by atoms with Gasteiger partial charge in [0.25, 0.3) is 0 Å². The molecule has 0 spiro atoms. The molecule has 0 atom stereocenters. The Labute approximate surface area is 134 Å². The molecular formula is C16H20N6O. The van der Waals surface area contributed by atoms with Gasteiger partial charge in [-0.25, -0.2) is 4.68 Å². The molecule has 4 rings (SSSR count). The minimum Gasteiger partial charge on any atom is -0.370 e. The number of hydrogen-bond acceptors (Lipinski definition) is 5. The van der Waals surface area contributed by atoms with Gasteiger partial charge < -0.3 is 10.2 Å². The summed E-state index contributed by atoms with van der Waals surface area (Å²) in [5.41, 5.74) is 2.80. The molecule has 1 aromatic carbocycles. The standard InChI is InChI=1S/C16H20N6O/c23-16(12-4-5-12)18-14-10-13(22-11-17-19-20-22)6-7-15(14)21-8-2-1-3-9-21/h6-7,10-12H,1-5,8-9H2,(H,18,23). The van der Waals surface area contributed by atoms with Crippen molar-refractivity contribution in [3.05, 3.63) is 24.5 Å². The number of rotatable bonds is 4. The van der Waals surface area contributed by atoms with Crippen LogP contribution in [-0.4, -0.2) is 39.2 Å². The molecule has 2 aliphatic rings. The van der Waals surface area contributed by atoms with Gasteiger partial charge in [0.2, 0.25) is 5.91 Å². The van der Waals surface area contributed by atoms with Gasteiger partial charge in [-0.15, -0.1) is 5.10 Å². The zero-order valence-corrected chi connectivity index (χ0v) is 13.0. The van der Waals surface area contributed by atoms with E-state index in [9.17, 15) is 4.79 Å². The fourth-order valence-corrected chi connectivity index (χ4v) is 3.04. The maximum atomic E-state index is 12.2. The lowest BCUT2D eigenvalue weighted by molar-refractivity contribution is -0.117. The Morgan fingerprint density at radius 3 is 2.70 bits per heavy atom. The zero-order valence-electron chi connectivity index (χ0n) is 13.0. The zero-order chi connectivity index (χ0) is 15.6. The molecule has 0 bridgehead atoms. The largest absolute Gasteiger partial charge is 0.370 e. The summed E-state index contributed by atoms with van der Waals surface area (Å²) in [6.45, 7) is 2.08. The SMILES string of the molecule is O=C(Nc1cc(-n2cnnn2)ccc1N1CCCCC1)C1CC1. The van der Waals surface area contributed by atoms with Crippen LogP contribution in [0.3, 0.4) is 0 Å². The lowest BCUT2D eigenvalue weighted by atomic mass is 10.1. The van der Waals surface area contributed by atoms with Gasteiger partial charge in [-0.1, -0.05) is 0 Å². The van der Waals surface area contributed by atoms with Gasteiger partial charge in [0, 0.05) is 19.0 Å². The Hall–Kier alpha value is -2.44. The van der Waals surface area contributed by atoms with Crippen LogP contribution in [-0.2, 0) is 4.79 Å². The van der Waals surface area contributed by atoms with E-state index in [0.717, 1.165) is 43.0 Å². The third kappa shape index (κ3) is 3.04. The maximum Gasteiger partial charge on any atom is 0.227 e. The van der Waals surface area contributed by atoms with E-state index < -0.39 is 0 Å². The summed E-state index contributed by atoms with van der Waals surface area (Å²) in [5.74, 6) is 0.304. The Balaban J connectivity index is 1.66. The monoisotopic (exact) mass is 312 g/mol. The summed E-state index contributed by atoms with van der Waals surface area (Å²) in [6, 6.07) is 6.01. The molecule has 0 radical (unpaired) electrons. The van der Waals surface area contributed by atoms with Crippen molar-refractivity contribution >= 4 is 17.3 Å². The number of nitrogens with zero attached hydrogens (tertiary/aromatic N) is 5. The number of amides is 1. The molecule has 1 saturated heterocycles. The molecule has 7 nitrogen and oxygen atoms in total. The molecule has 120 valence electrons. The third-order valence-corrected chi connectivity index (χ3v) is 4.50. The van der Waals surface area contributed by atoms with Crippen molar-refractivity contribution < 1.29 is 4.79 Å². The van der Waals surface area contributed by atoms with E-state index >= 15 is 0 Å². The third-order valence-electron chi connectivity index (χ3n) is 4.50. The van der Waals surface area contributed by atoms with Crippen LogP contribution in [0, 0.1) is 5.92 Å². The molecule has 1 aliphatic carbocycles. The average molecular weight is 312 g/mol. The van der Waals surface area contributed by atoms with Crippen LogP contribution in [0.25, 0.3) is 5.69 Å². The Kier molecular flexibility index (Phi) is 3.69. The first-order valence-electron chi connectivity index (χ1n) is 8.24. The van der Waals surface area contributed by atoms with Crippen LogP contribution in [0.2, 0.25) is 0 Å². The predicted octanol–water partition coefficient (Wildman–Crippen LogP) is 2.00. The van der Waals surface area contributed by atoms with Gasteiger partial charge in [0.05, 0.1) is 17.1 Å². The first-order chi connectivity index (χ1) is 11.3. The number of hydrogen-bond donors (Lipinski definition) is 1. The van der Waals surface area contributed by atoms with Crippen LogP contribution >= 0.6 is 0 Å². The number of carbonyl (C=O) groups excluding carboxylic acids is 1. The molecular weight excluding hydrogens is 292 g/mol. The van der Waals surface area contributed by atoms with Gasteiger partial charge in [-0.05, 0) is 60.7 Å². The summed E-state index contributed by atoms with van der Waals surface area (Å²) in [7, 11) is 0. The first kappa shape index (κ1) is 14.2. The van der Waals surface area contributed by atoms with Crippen molar-refractivity contribution in [3.63, 3.8) is 0 Å². The van der Waals surface area contributed by atoms with Gasteiger partial charge in [0.15, 0.2) is 0 Å². The smallest absolute Gasteiger partial charge is 0.227 e. The molecule has 1 saturated carbocycles. The fourth-order valence-electron chi connectivity index (χ4n) is 3.04. The minimum atomic E-state index is 0.122. The van der Waals surface area contributed by atoms with Crippen LogP contribution in [0.15, 0.2) is 24.5 Å². The number of piperidine rings is 1. The number of tetrazole rings is 1. The molecule has 23 heavy (non-hydrogen) atoms. The van der Waals surface area contributed by atoms with Crippen LogP contribution in [0.1, 0.15) is 32.1 Å². The number of aromatic nitrogens is 4. The lowest BCUT2D eigenvalue weighted by Crippen LogP contribution is -2.30. The van der Waals surface area contributed by atoms with Crippen molar-refractivity contribution in [1.29, 1.82) is 0 Å². The van der Waals surface area contributed by atoms with E-state index in [2.05, 4.69) is 31.8 Å². The van der Waals surface area contributed by atoms with Gasteiger partial charge >= 0.3 is 0 Å². The van der Waals surface area contributed by atoms with Crippen LogP contribution in [0.5, 0.6) is 0 Å². The van der Waals surface area contributed by atoms with Gasteiger partial charge in [0.1, 0.15) is 6.33 Å². The Bertz CT molecular complexity index is 689. The van der Waals surface area contributed by atoms with E-state index in [1.165, 1.54) is 19.3 Å². The van der Waals surface area contributed by atoms with Crippen molar-refractivity contribution in [2.24, 2.45) is 5.92 Å². The second-order valence-corrected chi connectivity index (χ2v) is 6.27. The number of anilines is 2. The molecule has 1 N–H and O–H groups in total. The van der Waals surface area contributed by atoms with Crippen molar-refractivity contribution in [2.45, 2.75) is 32.1 Å². The molecule has 1 amide bonds.